The van der Waals surface area contributed by atoms with Gasteiger partial charge in [-0.1, -0.05) is 71.9 Å². The van der Waals surface area contributed by atoms with Gasteiger partial charge in [-0.05, 0) is 22.2 Å². The minimum atomic E-state index is -3.38. The predicted octanol–water partition coefficient (Wildman–Crippen LogP) is 4.63. The van der Waals surface area contributed by atoms with E-state index >= 15 is 0 Å². The summed E-state index contributed by atoms with van der Waals surface area (Å²) in [5.74, 6) is 0. The van der Waals surface area contributed by atoms with Gasteiger partial charge in [-0.2, -0.15) is 0 Å². The first kappa shape index (κ1) is 20.8. The summed E-state index contributed by atoms with van der Waals surface area (Å²) in [5.41, 5.74) is 5.87. The van der Waals surface area contributed by atoms with E-state index in [1.807, 2.05) is 30.3 Å². The number of rotatable bonds is 6. The molecule has 3 nitrogen and oxygen atoms in total. The fourth-order valence-electron chi connectivity index (χ4n) is 3.58. The van der Waals surface area contributed by atoms with Crippen molar-refractivity contribution >= 4 is 18.1 Å². The molecule has 0 aromatic heterocycles. The highest BCUT2D eigenvalue weighted by Crippen LogP contribution is 2.40. The van der Waals surface area contributed by atoms with Gasteiger partial charge in [0.25, 0.3) is 0 Å². The lowest BCUT2D eigenvalue weighted by molar-refractivity contribution is 0.515. The quantitative estimate of drug-likeness (QED) is 0.419. The van der Waals surface area contributed by atoms with E-state index in [0.29, 0.717) is 23.2 Å². The van der Waals surface area contributed by atoms with Crippen LogP contribution in [-0.2, 0) is 16.6 Å². The molecule has 0 aliphatic rings. The van der Waals surface area contributed by atoms with Crippen molar-refractivity contribution in [2.75, 3.05) is 6.26 Å². The second kappa shape index (κ2) is 8.22. The van der Waals surface area contributed by atoms with Crippen LogP contribution in [0.2, 0.25) is 16.6 Å². The minimum Gasteiger partial charge on any atom is -0.225 e. The molecule has 0 aliphatic heterocycles. The third-order valence-corrected chi connectivity index (χ3v) is 12.1. The maximum Gasteiger partial charge on any atom is 0.239 e. The molecule has 24 heavy (non-hydrogen) atoms. The van der Waals surface area contributed by atoms with E-state index in [9.17, 15) is 8.42 Å². The Kier molecular flexibility index (Phi) is 7.12. The summed E-state index contributed by atoms with van der Waals surface area (Å²) < 4.78 is 25.7. The molecule has 1 aromatic rings. The number of hydrogen-bond acceptors (Lipinski definition) is 2. The van der Waals surface area contributed by atoms with Crippen molar-refractivity contribution in [3.8, 4) is 11.6 Å². The van der Waals surface area contributed by atoms with Crippen molar-refractivity contribution in [3.63, 3.8) is 0 Å². The Labute approximate surface area is 149 Å². The molecule has 0 bridgehead atoms. The second-order valence-electron chi connectivity index (χ2n) is 7.39. The summed E-state index contributed by atoms with van der Waals surface area (Å²) >= 11 is 0. The maximum absolute atomic E-state index is 12.2. The van der Waals surface area contributed by atoms with E-state index in [2.05, 4.69) is 53.1 Å². The molecule has 134 valence electrons. The molecule has 5 heteroatoms. The van der Waals surface area contributed by atoms with Crippen LogP contribution in [0.3, 0.4) is 0 Å². The third kappa shape index (κ3) is 4.87. The summed E-state index contributed by atoms with van der Waals surface area (Å²) in [6, 6.07) is 12.7. The molecule has 0 N–H and O–H groups in total. The topological polar surface area (TPSA) is 37.4 Å². The van der Waals surface area contributed by atoms with Crippen LogP contribution in [-0.4, -0.2) is 27.1 Å². The van der Waals surface area contributed by atoms with Gasteiger partial charge in [0, 0.05) is 6.04 Å². The van der Waals surface area contributed by atoms with Crippen LogP contribution in [0.15, 0.2) is 30.3 Å². The number of sulfonamides is 1. The Morgan fingerprint density at radius 1 is 0.958 bits per heavy atom. The Hall–Kier alpha value is -1.25. The van der Waals surface area contributed by atoms with Gasteiger partial charge in [0.1, 0.15) is 8.07 Å². The molecule has 0 spiro atoms. The predicted molar refractivity (Wildman–Crippen MR) is 106 cm³/mol. The van der Waals surface area contributed by atoms with E-state index < -0.39 is 18.1 Å². The molecule has 0 unspecified atom stereocenters. The molecule has 0 saturated heterocycles. The SMILES string of the molecule is CC(C)[Si](C#CN(Cc1ccccc1)S(C)(=O)=O)(C(C)C)C(C)C. The summed E-state index contributed by atoms with van der Waals surface area (Å²) in [4.78, 5) is 0. The minimum absolute atomic E-state index is 0.297. The van der Waals surface area contributed by atoms with Gasteiger partial charge in [-0.15, -0.1) is 5.54 Å². The number of benzene rings is 1. The maximum atomic E-state index is 12.2. The summed E-state index contributed by atoms with van der Waals surface area (Å²) in [7, 11) is -5.33. The zero-order valence-corrected chi connectivity index (χ0v) is 17.8. The molecule has 0 saturated carbocycles. The zero-order chi connectivity index (χ0) is 18.5. The van der Waals surface area contributed by atoms with Crippen LogP contribution in [0.25, 0.3) is 0 Å². The third-order valence-electron chi connectivity index (χ3n) is 4.83. The standard InChI is InChI=1S/C19H31NO2SSi/c1-16(2)24(17(3)4,18(5)6)14-13-20(23(7,21)22)15-19-11-9-8-10-12-19/h8-12,16-18H,15H2,1-7H3. The van der Waals surface area contributed by atoms with Gasteiger partial charge < -0.3 is 0 Å². The van der Waals surface area contributed by atoms with Crippen LogP contribution in [0, 0.1) is 11.6 Å². The molecule has 0 atom stereocenters. The molecule has 1 rings (SSSR count). The molecule has 0 amide bonds. The average Bonchev–Trinajstić information content (AvgIpc) is 2.45. The highest BCUT2D eigenvalue weighted by molar-refractivity contribution is 7.88. The van der Waals surface area contributed by atoms with Crippen molar-refractivity contribution in [3.05, 3.63) is 35.9 Å². The highest BCUT2D eigenvalue weighted by atomic mass is 32.2. The summed E-state index contributed by atoms with van der Waals surface area (Å²) in [6.07, 6.45) is 1.23. The van der Waals surface area contributed by atoms with E-state index in [0.717, 1.165) is 5.56 Å². The van der Waals surface area contributed by atoms with E-state index in [-0.39, 0.29) is 0 Å². The first-order chi connectivity index (χ1) is 11.0. The van der Waals surface area contributed by atoms with Crippen LogP contribution in [0.4, 0.5) is 0 Å². The lowest BCUT2D eigenvalue weighted by atomic mass is 10.2. The molecule has 0 fully saturated rings. The highest BCUT2D eigenvalue weighted by Gasteiger charge is 2.42. The Balaban J connectivity index is 3.30. The largest absolute Gasteiger partial charge is 0.239 e. The number of hydrogen-bond donors (Lipinski definition) is 0. The van der Waals surface area contributed by atoms with Gasteiger partial charge in [0.2, 0.25) is 10.0 Å². The second-order valence-corrected chi connectivity index (χ2v) is 14.9. The van der Waals surface area contributed by atoms with Crippen molar-refractivity contribution in [2.45, 2.75) is 64.7 Å². The lowest BCUT2D eigenvalue weighted by Gasteiger charge is -2.38. The van der Waals surface area contributed by atoms with Crippen molar-refractivity contribution < 1.29 is 8.42 Å². The fourth-order valence-corrected chi connectivity index (χ4v) is 9.45. The van der Waals surface area contributed by atoms with Crippen LogP contribution in [0.1, 0.15) is 47.1 Å². The van der Waals surface area contributed by atoms with Crippen LogP contribution < -0.4 is 0 Å². The van der Waals surface area contributed by atoms with Crippen molar-refractivity contribution in [2.24, 2.45) is 0 Å². The Bertz CT molecular complexity index is 663. The van der Waals surface area contributed by atoms with Crippen LogP contribution in [0.5, 0.6) is 0 Å². The van der Waals surface area contributed by atoms with Gasteiger partial charge in [-0.25, -0.2) is 12.7 Å². The fraction of sp³-hybridized carbons (Fsp3) is 0.579. The first-order valence-corrected chi connectivity index (χ1v) is 12.6. The average molecular weight is 366 g/mol. The normalized spacial score (nSPS) is 12.4. The molecule has 1 aromatic carbocycles. The van der Waals surface area contributed by atoms with Gasteiger partial charge in [0.05, 0.1) is 12.8 Å². The smallest absolute Gasteiger partial charge is 0.225 e. The zero-order valence-electron chi connectivity index (χ0n) is 16.0. The molecule has 0 radical (unpaired) electrons. The first-order valence-electron chi connectivity index (χ1n) is 8.56. The van der Waals surface area contributed by atoms with Crippen molar-refractivity contribution in [1.82, 2.24) is 4.31 Å². The van der Waals surface area contributed by atoms with Gasteiger partial charge >= 0.3 is 0 Å². The van der Waals surface area contributed by atoms with Gasteiger partial charge in [-0.3, -0.25) is 0 Å². The Morgan fingerprint density at radius 2 is 1.42 bits per heavy atom. The van der Waals surface area contributed by atoms with E-state index in [4.69, 9.17) is 0 Å². The van der Waals surface area contributed by atoms with Gasteiger partial charge in [0.15, 0.2) is 0 Å². The van der Waals surface area contributed by atoms with Crippen molar-refractivity contribution in [1.29, 1.82) is 0 Å². The summed E-state index contributed by atoms with van der Waals surface area (Å²) in [5, 5.41) is 0. The molecule has 0 aliphatic carbocycles. The summed E-state index contributed by atoms with van der Waals surface area (Å²) in [6.45, 7) is 13.6. The monoisotopic (exact) mass is 365 g/mol. The van der Waals surface area contributed by atoms with E-state index in [1.54, 1.807) is 0 Å². The van der Waals surface area contributed by atoms with Crippen LogP contribution >= 0.6 is 0 Å². The number of nitrogens with zero attached hydrogens (tertiary/aromatic N) is 1. The Morgan fingerprint density at radius 3 is 1.79 bits per heavy atom. The van der Waals surface area contributed by atoms with E-state index in [1.165, 1.54) is 10.6 Å². The molecular weight excluding hydrogens is 334 g/mol. The molecular formula is C19H31NO2SSi. The molecule has 0 heterocycles. The lowest BCUT2D eigenvalue weighted by Crippen LogP contribution is -2.43.